The summed E-state index contributed by atoms with van der Waals surface area (Å²) in [5.41, 5.74) is 1.58. The Labute approximate surface area is 219 Å². The van der Waals surface area contributed by atoms with Crippen LogP contribution in [0.2, 0.25) is 0 Å². The Morgan fingerprint density at radius 1 is 0.361 bits per heavy atom. The predicted molar refractivity (Wildman–Crippen MR) is 160 cm³/mol. The summed E-state index contributed by atoms with van der Waals surface area (Å²) < 4.78 is 0. The third-order valence-corrected chi connectivity index (χ3v) is 14.4. The first-order valence-electron chi connectivity index (χ1n) is 13.7. The Bertz CT molecular complexity index is 1030. The topological polar surface area (TPSA) is 0 Å². The van der Waals surface area contributed by atoms with E-state index in [-0.39, 0.29) is 15.8 Å². The van der Waals surface area contributed by atoms with Crippen molar-refractivity contribution in [1.29, 1.82) is 0 Å². The van der Waals surface area contributed by atoms with Gasteiger partial charge in [-0.15, -0.1) is 0 Å². The molecule has 0 aromatic heterocycles. The largest absolute Gasteiger partial charge is 0.0622 e. The van der Waals surface area contributed by atoms with Crippen molar-refractivity contribution < 1.29 is 0 Å². The van der Waals surface area contributed by atoms with E-state index in [0.717, 1.165) is 23.2 Å². The van der Waals surface area contributed by atoms with Crippen LogP contribution in [0.4, 0.5) is 0 Å². The van der Waals surface area contributed by atoms with E-state index in [0.29, 0.717) is 0 Å². The number of hydrogen-bond donors (Lipinski definition) is 0. The average molecular weight is 507 g/mol. The SMILES string of the molecule is c1ccc(P(c2ccccc2)[C@H]2CCC[C@@H]2[C@@H]2CCC[C@@H]2P(c2ccccc2)c2ccccc2)cc1. The smallest absolute Gasteiger partial charge is 0.00976 e. The van der Waals surface area contributed by atoms with Crippen LogP contribution in [0.1, 0.15) is 38.5 Å². The maximum absolute atomic E-state index is 2.40. The van der Waals surface area contributed by atoms with E-state index in [1.165, 1.54) is 38.5 Å². The van der Waals surface area contributed by atoms with Crippen LogP contribution >= 0.6 is 15.8 Å². The van der Waals surface area contributed by atoms with Crippen LogP contribution in [0.25, 0.3) is 0 Å². The van der Waals surface area contributed by atoms with E-state index in [1.54, 1.807) is 21.2 Å². The van der Waals surface area contributed by atoms with Gasteiger partial charge in [-0.05, 0) is 85.9 Å². The van der Waals surface area contributed by atoms with Crippen LogP contribution in [0.15, 0.2) is 121 Å². The Morgan fingerprint density at radius 2 is 0.639 bits per heavy atom. The monoisotopic (exact) mass is 506 g/mol. The fraction of sp³-hybridized carbons (Fsp3) is 0.294. The lowest BCUT2D eigenvalue weighted by molar-refractivity contribution is 0.358. The van der Waals surface area contributed by atoms with Gasteiger partial charge in [-0.2, -0.15) is 0 Å². The molecule has 0 N–H and O–H groups in total. The Morgan fingerprint density at radius 3 is 0.917 bits per heavy atom. The summed E-state index contributed by atoms with van der Waals surface area (Å²) in [7, 11) is -0.694. The van der Waals surface area contributed by atoms with Crippen LogP contribution in [-0.4, -0.2) is 11.3 Å². The van der Waals surface area contributed by atoms with Gasteiger partial charge in [0, 0.05) is 0 Å². The molecule has 36 heavy (non-hydrogen) atoms. The van der Waals surface area contributed by atoms with E-state index >= 15 is 0 Å². The first-order valence-corrected chi connectivity index (χ1v) is 16.5. The van der Waals surface area contributed by atoms with Gasteiger partial charge in [0.15, 0.2) is 0 Å². The van der Waals surface area contributed by atoms with Crippen LogP contribution in [-0.2, 0) is 0 Å². The zero-order valence-corrected chi connectivity index (χ0v) is 22.8. The molecule has 2 fully saturated rings. The van der Waals surface area contributed by atoms with Gasteiger partial charge in [-0.25, -0.2) is 0 Å². The second-order valence-corrected chi connectivity index (χ2v) is 15.3. The lowest BCUT2D eigenvalue weighted by atomic mass is 9.89. The number of rotatable bonds is 7. The van der Waals surface area contributed by atoms with Crippen molar-refractivity contribution in [3.05, 3.63) is 121 Å². The molecule has 0 nitrogen and oxygen atoms in total. The number of benzene rings is 4. The quantitative estimate of drug-likeness (QED) is 0.227. The van der Waals surface area contributed by atoms with E-state index in [1.807, 2.05) is 0 Å². The van der Waals surface area contributed by atoms with Gasteiger partial charge in [0.25, 0.3) is 0 Å². The molecule has 4 atom stereocenters. The molecule has 0 unspecified atom stereocenters. The van der Waals surface area contributed by atoms with Gasteiger partial charge in [-0.3, -0.25) is 0 Å². The van der Waals surface area contributed by atoms with Crippen molar-refractivity contribution in [3.8, 4) is 0 Å². The minimum atomic E-state index is -0.347. The second-order valence-electron chi connectivity index (χ2n) is 10.4. The molecule has 2 aliphatic rings. The Kier molecular flexibility index (Phi) is 7.65. The molecule has 0 bridgehead atoms. The zero-order chi connectivity index (χ0) is 24.2. The van der Waals surface area contributed by atoms with Crippen molar-refractivity contribution in [2.24, 2.45) is 11.8 Å². The predicted octanol–water partition coefficient (Wildman–Crippen LogP) is 7.59. The Balaban J connectivity index is 1.38. The van der Waals surface area contributed by atoms with E-state index < -0.39 is 0 Å². The van der Waals surface area contributed by atoms with Crippen molar-refractivity contribution in [2.75, 3.05) is 0 Å². The summed E-state index contributed by atoms with van der Waals surface area (Å²) in [6, 6.07) is 45.9. The molecule has 0 spiro atoms. The van der Waals surface area contributed by atoms with E-state index in [4.69, 9.17) is 0 Å². The van der Waals surface area contributed by atoms with Crippen LogP contribution in [0.5, 0.6) is 0 Å². The van der Waals surface area contributed by atoms with Crippen LogP contribution in [0, 0.1) is 11.8 Å². The van der Waals surface area contributed by atoms with Crippen molar-refractivity contribution in [3.63, 3.8) is 0 Å². The summed E-state index contributed by atoms with van der Waals surface area (Å²) in [6.07, 6.45) is 8.39. The summed E-state index contributed by atoms with van der Waals surface area (Å²) in [6.45, 7) is 0. The van der Waals surface area contributed by atoms with Crippen molar-refractivity contribution >= 4 is 37.1 Å². The average Bonchev–Trinajstić information content (AvgIpc) is 3.62. The summed E-state index contributed by atoms with van der Waals surface area (Å²) in [4.78, 5) is 0. The Hall–Kier alpha value is -2.26. The highest BCUT2D eigenvalue weighted by atomic mass is 31.1. The highest BCUT2D eigenvalue weighted by Crippen LogP contribution is 2.59. The highest BCUT2D eigenvalue weighted by Gasteiger charge is 2.46. The standard InChI is InChI=1S/C34H36P2/c1-5-15-27(16-6-1)35(28-17-7-2-8-18-28)33-25-13-23-31(33)32-24-14-26-34(32)36(29-19-9-3-10-20-29)30-21-11-4-12-22-30/h1-12,15-22,31-34H,13-14,23-26H2/t31-,32+,33-,34-/m0/s1. The minimum Gasteiger partial charge on any atom is -0.0622 e. The summed E-state index contributed by atoms with van der Waals surface area (Å²) >= 11 is 0. The van der Waals surface area contributed by atoms with Crippen LogP contribution < -0.4 is 21.2 Å². The molecular weight excluding hydrogens is 470 g/mol. The van der Waals surface area contributed by atoms with Gasteiger partial charge in [-0.1, -0.05) is 134 Å². The molecular formula is C34H36P2. The molecule has 6 rings (SSSR count). The third-order valence-electron chi connectivity index (χ3n) is 8.41. The molecule has 0 heterocycles. The molecule has 4 aromatic rings. The zero-order valence-electron chi connectivity index (χ0n) is 21.0. The van der Waals surface area contributed by atoms with Crippen LogP contribution in [0.3, 0.4) is 0 Å². The molecule has 0 aliphatic heterocycles. The molecule has 2 aliphatic carbocycles. The first kappa shape index (κ1) is 24.1. The molecule has 4 aromatic carbocycles. The van der Waals surface area contributed by atoms with E-state index in [2.05, 4.69) is 121 Å². The third kappa shape index (κ3) is 4.96. The molecule has 0 amide bonds. The normalized spacial score (nSPS) is 23.9. The second kappa shape index (κ2) is 11.4. The summed E-state index contributed by atoms with van der Waals surface area (Å²) in [5.74, 6) is 1.67. The molecule has 2 saturated carbocycles. The fourth-order valence-corrected chi connectivity index (χ4v) is 13.5. The molecule has 2 heteroatoms. The molecule has 0 radical (unpaired) electrons. The maximum atomic E-state index is 2.40. The lowest BCUT2D eigenvalue weighted by Crippen LogP contribution is -2.34. The lowest BCUT2D eigenvalue weighted by Gasteiger charge is -2.38. The van der Waals surface area contributed by atoms with Gasteiger partial charge in [0.05, 0.1) is 0 Å². The van der Waals surface area contributed by atoms with Crippen molar-refractivity contribution in [2.45, 2.75) is 49.8 Å². The van der Waals surface area contributed by atoms with Gasteiger partial charge in [0.2, 0.25) is 0 Å². The van der Waals surface area contributed by atoms with Crippen molar-refractivity contribution in [1.82, 2.24) is 0 Å². The van der Waals surface area contributed by atoms with Gasteiger partial charge < -0.3 is 0 Å². The summed E-state index contributed by atoms with van der Waals surface area (Å²) in [5, 5.41) is 6.27. The molecule has 182 valence electrons. The first-order chi connectivity index (χ1) is 17.9. The van der Waals surface area contributed by atoms with Gasteiger partial charge in [0.1, 0.15) is 0 Å². The van der Waals surface area contributed by atoms with Gasteiger partial charge >= 0.3 is 0 Å². The highest BCUT2D eigenvalue weighted by molar-refractivity contribution is 7.74. The minimum absolute atomic E-state index is 0.347. The fourth-order valence-electron chi connectivity index (χ4n) is 7.00. The van der Waals surface area contributed by atoms with E-state index in [9.17, 15) is 0 Å². The molecule has 0 saturated heterocycles. The maximum Gasteiger partial charge on any atom is -0.00976 e. The number of hydrogen-bond acceptors (Lipinski definition) is 0.